The van der Waals surface area contributed by atoms with Crippen LogP contribution in [0.15, 0.2) is 62.0 Å². The van der Waals surface area contributed by atoms with E-state index in [2.05, 4.69) is 24.6 Å². The highest BCUT2D eigenvalue weighted by Crippen LogP contribution is 2.34. The quantitative estimate of drug-likeness (QED) is 0.413. The first-order valence-electron chi connectivity index (χ1n) is 8.67. The van der Waals surface area contributed by atoms with E-state index in [1.54, 1.807) is 18.0 Å². The Kier molecular flexibility index (Phi) is 6.07. The van der Waals surface area contributed by atoms with E-state index in [0.717, 1.165) is 39.6 Å². The average Bonchev–Trinajstić information content (AvgIpc) is 3.06. The number of hydrogen-bond acceptors (Lipinski definition) is 5. The number of ether oxygens (including phenoxy) is 1. The van der Waals surface area contributed by atoms with Gasteiger partial charge in [-0.2, -0.15) is 0 Å². The Labute approximate surface area is 165 Å². The van der Waals surface area contributed by atoms with E-state index in [1.807, 2.05) is 30.3 Å². The molecule has 0 fully saturated rings. The molecule has 0 spiro atoms. The van der Waals surface area contributed by atoms with Crippen molar-refractivity contribution in [2.75, 3.05) is 18.9 Å². The van der Waals surface area contributed by atoms with E-state index in [-0.39, 0.29) is 6.04 Å². The van der Waals surface area contributed by atoms with Crippen LogP contribution in [0.4, 0.5) is 5.69 Å². The van der Waals surface area contributed by atoms with Gasteiger partial charge in [-0.05, 0) is 36.4 Å². The first-order valence-corrected chi connectivity index (χ1v) is 13.6. The van der Waals surface area contributed by atoms with Gasteiger partial charge in [-0.25, -0.2) is 0 Å². The summed E-state index contributed by atoms with van der Waals surface area (Å²) in [7, 11) is -1.10. The molecule has 2 heterocycles. The van der Waals surface area contributed by atoms with E-state index < -0.39 is 8.07 Å². The van der Waals surface area contributed by atoms with Crippen LogP contribution < -0.4 is 5.73 Å². The van der Waals surface area contributed by atoms with Crippen LogP contribution in [0.3, 0.4) is 0 Å². The Bertz CT molecular complexity index is 794. The maximum Gasteiger partial charge on any atom is 0.117 e. The number of nitrogen functional groups attached to an aromatic ring is 1. The zero-order chi connectivity index (χ0) is 18.7. The molecule has 1 unspecified atom stereocenters. The molecular formula is C19H24ClN3OSSi. The summed E-state index contributed by atoms with van der Waals surface area (Å²) in [6.45, 7) is 8.35. The van der Waals surface area contributed by atoms with E-state index in [1.165, 1.54) is 0 Å². The summed E-state index contributed by atoms with van der Waals surface area (Å²) >= 11 is 8.13. The average molecular weight is 406 g/mol. The Morgan fingerprint density at radius 1 is 1.23 bits per heavy atom. The summed E-state index contributed by atoms with van der Waals surface area (Å²) in [6, 6.07) is 8.75. The number of nitrogens with zero attached hydrogens (tertiary/aromatic N) is 2. The zero-order valence-electron chi connectivity index (χ0n) is 15.3. The van der Waals surface area contributed by atoms with E-state index in [0.29, 0.717) is 11.6 Å². The summed E-state index contributed by atoms with van der Waals surface area (Å²) in [5.74, 6) is 0. The molecule has 4 nitrogen and oxygen atoms in total. The highest BCUT2D eigenvalue weighted by atomic mass is 35.5. The normalized spacial score (nSPS) is 19.5. The molecule has 0 saturated carbocycles. The summed E-state index contributed by atoms with van der Waals surface area (Å²) in [6.07, 6.45) is 3.74. The van der Waals surface area contributed by atoms with Gasteiger partial charge in [0.15, 0.2) is 0 Å². The van der Waals surface area contributed by atoms with Gasteiger partial charge in [-0.1, -0.05) is 43.0 Å². The molecule has 0 aliphatic carbocycles. The number of fused-ring (bicyclic) bond motifs is 1. The minimum Gasteiger partial charge on any atom is -0.399 e. The van der Waals surface area contributed by atoms with Crippen LogP contribution in [0.5, 0.6) is 0 Å². The molecule has 7 heteroatoms. The number of nitrogens with two attached hydrogens (primary N) is 1. The van der Waals surface area contributed by atoms with Gasteiger partial charge >= 0.3 is 0 Å². The maximum atomic E-state index is 6.59. The molecule has 0 bridgehead atoms. The third-order valence-electron chi connectivity index (χ3n) is 4.11. The molecule has 0 aromatic heterocycles. The lowest BCUT2D eigenvalue weighted by molar-refractivity contribution is 0.145. The number of dihydropyridines is 1. The minimum atomic E-state index is -1.10. The number of anilines is 1. The molecule has 0 saturated heterocycles. The Balaban J connectivity index is 1.72. The molecule has 2 N–H and O–H groups in total. The third kappa shape index (κ3) is 4.88. The number of rotatable bonds is 6. The van der Waals surface area contributed by atoms with Crippen molar-refractivity contribution in [1.29, 1.82) is 0 Å². The van der Waals surface area contributed by atoms with Crippen LogP contribution in [-0.4, -0.2) is 38.1 Å². The smallest absolute Gasteiger partial charge is 0.117 e. The van der Waals surface area contributed by atoms with Gasteiger partial charge < -0.3 is 10.5 Å². The van der Waals surface area contributed by atoms with Crippen molar-refractivity contribution in [1.82, 2.24) is 0 Å². The van der Waals surface area contributed by atoms with Crippen LogP contribution >= 0.6 is 23.4 Å². The van der Waals surface area contributed by atoms with Crippen molar-refractivity contribution in [3.63, 3.8) is 0 Å². The third-order valence-corrected chi connectivity index (χ3v) is 7.32. The summed E-state index contributed by atoms with van der Waals surface area (Å²) in [4.78, 5) is 10.3. The zero-order valence-corrected chi connectivity index (χ0v) is 17.9. The Morgan fingerprint density at radius 3 is 2.65 bits per heavy atom. The van der Waals surface area contributed by atoms with E-state index in [9.17, 15) is 0 Å². The van der Waals surface area contributed by atoms with Crippen molar-refractivity contribution in [2.24, 2.45) is 9.98 Å². The molecule has 1 aromatic carbocycles. The van der Waals surface area contributed by atoms with Crippen molar-refractivity contribution in [3.05, 3.63) is 47.1 Å². The second kappa shape index (κ2) is 8.13. The van der Waals surface area contributed by atoms with Gasteiger partial charge in [0.2, 0.25) is 0 Å². The standard InChI is InChI=1S/C19H24ClN3OSSi/c1-26(2,3)11-10-24-12-16-18-15(8-9-22-18)17(20)19(23-16)25-14-6-4-13(21)5-7-14/h4-9,16H,10-12,21H2,1-3H3. The number of benzene rings is 1. The van der Waals surface area contributed by atoms with Gasteiger partial charge in [-0.3, -0.25) is 9.98 Å². The Hall–Kier alpha value is -1.34. The van der Waals surface area contributed by atoms with E-state index >= 15 is 0 Å². The van der Waals surface area contributed by atoms with Gasteiger partial charge in [-0.15, -0.1) is 0 Å². The minimum absolute atomic E-state index is 0.111. The lowest BCUT2D eigenvalue weighted by Gasteiger charge is -2.23. The molecule has 26 heavy (non-hydrogen) atoms. The van der Waals surface area contributed by atoms with Crippen molar-refractivity contribution in [2.45, 2.75) is 36.6 Å². The monoisotopic (exact) mass is 405 g/mol. The number of hydrogen-bond donors (Lipinski definition) is 1. The predicted molar refractivity (Wildman–Crippen MR) is 116 cm³/mol. The van der Waals surface area contributed by atoms with Gasteiger partial charge in [0.1, 0.15) is 11.1 Å². The number of allylic oxidation sites excluding steroid dienone is 1. The molecular weight excluding hydrogens is 382 g/mol. The molecule has 2 aliphatic heterocycles. The Morgan fingerprint density at radius 2 is 1.96 bits per heavy atom. The summed E-state index contributed by atoms with van der Waals surface area (Å²) in [5, 5.41) is 1.45. The molecule has 2 aliphatic rings. The largest absolute Gasteiger partial charge is 0.399 e. The fourth-order valence-corrected chi connectivity index (χ4v) is 4.54. The molecule has 138 valence electrons. The van der Waals surface area contributed by atoms with Crippen molar-refractivity contribution in [3.8, 4) is 0 Å². The molecule has 3 rings (SSSR count). The topological polar surface area (TPSA) is 60.0 Å². The van der Waals surface area contributed by atoms with Gasteiger partial charge in [0, 0.05) is 37.0 Å². The number of thioether (sulfide) groups is 1. The SMILES string of the molecule is C[Si](C)(C)CCOCC1N=C(Sc2ccc(N)cc2)C(Cl)=C2C=CN=C21. The van der Waals surface area contributed by atoms with Gasteiger partial charge in [0.05, 0.1) is 17.4 Å². The lowest BCUT2D eigenvalue weighted by atomic mass is 10.0. The molecule has 0 radical (unpaired) electrons. The fraction of sp³-hybridized carbons (Fsp3) is 0.368. The highest BCUT2D eigenvalue weighted by Gasteiger charge is 2.30. The number of aliphatic imine (C=N–C) groups is 2. The van der Waals surface area contributed by atoms with Crippen LogP contribution in [-0.2, 0) is 4.74 Å². The molecule has 0 amide bonds. The molecule has 1 aromatic rings. The van der Waals surface area contributed by atoms with Crippen LogP contribution in [0.25, 0.3) is 0 Å². The van der Waals surface area contributed by atoms with Gasteiger partial charge in [0.25, 0.3) is 0 Å². The second-order valence-corrected chi connectivity index (χ2v) is 14.6. The second-order valence-electron chi connectivity index (χ2n) is 7.56. The van der Waals surface area contributed by atoms with Crippen molar-refractivity contribution >= 4 is 47.9 Å². The fourth-order valence-electron chi connectivity index (χ4n) is 2.58. The summed E-state index contributed by atoms with van der Waals surface area (Å²) < 4.78 is 5.93. The molecule has 1 atom stereocenters. The van der Waals surface area contributed by atoms with Crippen LogP contribution in [0, 0.1) is 0 Å². The highest BCUT2D eigenvalue weighted by molar-refractivity contribution is 8.14. The first-order chi connectivity index (χ1) is 12.3. The predicted octanol–water partition coefficient (Wildman–Crippen LogP) is 4.96. The summed E-state index contributed by atoms with van der Waals surface area (Å²) in [5.41, 5.74) is 8.37. The lowest BCUT2D eigenvalue weighted by Crippen LogP contribution is -2.31. The van der Waals surface area contributed by atoms with E-state index in [4.69, 9.17) is 27.1 Å². The van der Waals surface area contributed by atoms with Crippen LogP contribution in [0.1, 0.15) is 0 Å². The van der Waals surface area contributed by atoms with Crippen molar-refractivity contribution < 1.29 is 4.74 Å². The maximum absolute atomic E-state index is 6.59. The first kappa shape index (κ1) is 19.4. The number of halogens is 1. The van der Waals surface area contributed by atoms with Crippen LogP contribution in [0.2, 0.25) is 25.7 Å².